The summed E-state index contributed by atoms with van der Waals surface area (Å²) >= 11 is 5.84. The van der Waals surface area contributed by atoms with E-state index in [-0.39, 0.29) is 23.5 Å². The minimum Gasteiger partial charge on any atom is -0.507 e. The fourth-order valence-corrected chi connectivity index (χ4v) is 2.95. The summed E-state index contributed by atoms with van der Waals surface area (Å²) in [4.78, 5) is 27.1. The molecule has 0 spiro atoms. The molecule has 3 N–H and O–H groups in total. The average Bonchev–Trinajstić information content (AvgIpc) is 2.83. The number of hydrogen-bond acceptors (Lipinski definition) is 3. The van der Waals surface area contributed by atoms with E-state index in [2.05, 4.69) is 4.98 Å². The third-order valence-corrected chi connectivity index (χ3v) is 4.17. The zero-order valence-electron chi connectivity index (χ0n) is 12.8. The molecule has 0 fully saturated rings. The van der Waals surface area contributed by atoms with E-state index in [1.807, 2.05) is 0 Å². The summed E-state index contributed by atoms with van der Waals surface area (Å²) in [6.07, 6.45) is -0.240. The minimum atomic E-state index is -1.01. The van der Waals surface area contributed by atoms with Crippen molar-refractivity contribution in [3.05, 3.63) is 63.8 Å². The van der Waals surface area contributed by atoms with Gasteiger partial charge in [0.2, 0.25) is 0 Å². The van der Waals surface area contributed by atoms with Gasteiger partial charge in [-0.1, -0.05) is 11.6 Å². The number of carboxylic acid groups (broad SMARTS) is 1. The molecule has 0 saturated heterocycles. The first-order valence-corrected chi connectivity index (χ1v) is 7.61. The number of aromatic hydroxyl groups is 1. The maximum atomic E-state index is 12.9. The summed E-state index contributed by atoms with van der Waals surface area (Å²) in [5, 5.41) is 20.3. The number of carboxylic acids is 1. The van der Waals surface area contributed by atoms with Crippen molar-refractivity contribution in [1.29, 1.82) is 0 Å². The molecule has 0 atom stereocenters. The van der Waals surface area contributed by atoms with Crippen LogP contribution in [0.15, 0.2) is 36.4 Å². The summed E-state index contributed by atoms with van der Waals surface area (Å²) in [5.41, 5.74) is 2.21. The Balaban J connectivity index is 2.26. The smallest absolute Gasteiger partial charge is 0.307 e. The van der Waals surface area contributed by atoms with Crippen molar-refractivity contribution in [2.24, 2.45) is 0 Å². The van der Waals surface area contributed by atoms with E-state index in [1.165, 1.54) is 6.07 Å². The predicted octanol–water partition coefficient (Wildman–Crippen LogP) is 3.69. The van der Waals surface area contributed by atoms with Gasteiger partial charge in [-0.15, -0.1) is 0 Å². The van der Waals surface area contributed by atoms with Crippen LogP contribution >= 0.6 is 11.6 Å². The average molecular weight is 344 g/mol. The molecule has 3 rings (SSSR count). The highest BCUT2D eigenvalue weighted by Crippen LogP contribution is 2.33. The van der Waals surface area contributed by atoms with Gasteiger partial charge in [-0.05, 0) is 48.9 Å². The van der Waals surface area contributed by atoms with Gasteiger partial charge in [0.15, 0.2) is 5.78 Å². The van der Waals surface area contributed by atoms with E-state index in [4.69, 9.17) is 16.7 Å². The monoisotopic (exact) mass is 343 g/mol. The Labute approximate surface area is 142 Å². The number of fused-ring (bicyclic) bond motifs is 1. The molecule has 3 aromatic rings. The summed E-state index contributed by atoms with van der Waals surface area (Å²) < 4.78 is 0. The molecule has 5 nitrogen and oxygen atoms in total. The highest BCUT2D eigenvalue weighted by Gasteiger charge is 2.23. The molecule has 122 valence electrons. The van der Waals surface area contributed by atoms with Gasteiger partial charge in [0.1, 0.15) is 5.75 Å². The molecule has 0 unspecified atom stereocenters. The first-order chi connectivity index (χ1) is 11.4. The highest BCUT2D eigenvalue weighted by molar-refractivity contribution is 6.30. The van der Waals surface area contributed by atoms with E-state index >= 15 is 0 Å². The molecule has 0 saturated carbocycles. The van der Waals surface area contributed by atoms with Crippen molar-refractivity contribution in [3.8, 4) is 5.75 Å². The Bertz CT molecular complexity index is 957. The maximum Gasteiger partial charge on any atom is 0.307 e. The van der Waals surface area contributed by atoms with Crippen LogP contribution in [0.5, 0.6) is 5.75 Å². The summed E-state index contributed by atoms with van der Waals surface area (Å²) in [5.74, 6) is -1.58. The predicted molar refractivity (Wildman–Crippen MR) is 90.9 cm³/mol. The van der Waals surface area contributed by atoms with Gasteiger partial charge in [0, 0.05) is 27.2 Å². The Morgan fingerprint density at radius 2 is 1.79 bits per heavy atom. The van der Waals surface area contributed by atoms with Crippen LogP contribution in [-0.4, -0.2) is 26.9 Å². The molecule has 1 heterocycles. The maximum absolute atomic E-state index is 12.9. The molecule has 0 aliphatic carbocycles. The van der Waals surface area contributed by atoms with Gasteiger partial charge in [0.25, 0.3) is 0 Å². The molecule has 0 aliphatic heterocycles. The van der Waals surface area contributed by atoms with Crippen LogP contribution < -0.4 is 0 Å². The van der Waals surface area contributed by atoms with Crippen molar-refractivity contribution in [1.82, 2.24) is 4.98 Å². The third-order valence-electron chi connectivity index (χ3n) is 3.92. The number of carbonyl (C=O) groups is 2. The van der Waals surface area contributed by atoms with Crippen molar-refractivity contribution < 1.29 is 19.8 Å². The van der Waals surface area contributed by atoms with E-state index in [9.17, 15) is 14.7 Å². The molecule has 0 amide bonds. The van der Waals surface area contributed by atoms with E-state index in [0.717, 1.165) is 0 Å². The van der Waals surface area contributed by atoms with Gasteiger partial charge in [0.05, 0.1) is 12.0 Å². The lowest BCUT2D eigenvalue weighted by atomic mass is 9.95. The molecule has 24 heavy (non-hydrogen) atoms. The normalized spacial score (nSPS) is 10.9. The number of phenols is 1. The van der Waals surface area contributed by atoms with Crippen LogP contribution in [-0.2, 0) is 11.2 Å². The van der Waals surface area contributed by atoms with Crippen molar-refractivity contribution in [2.45, 2.75) is 13.3 Å². The number of rotatable bonds is 4. The number of aliphatic carboxylic acids is 1. The minimum absolute atomic E-state index is 0.0930. The number of phenolic OH excluding ortho intramolecular Hbond substituents is 1. The number of halogens is 1. The van der Waals surface area contributed by atoms with Crippen LogP contribution in [0.2, 0.25) is 5.02 Å². The molecule has 1 aromatic heterocycles. The van der Waals surface area contributed by atoms with E-state index in [1.54, 1.807) is 37.3 Å². The number of H-pyrrole nitrogens is 1. The van der Waals surface area contributed by atoms with Gasteiger partial charge in [-0.3, -0.25) is 9.59 Å². The Kier molecular flexibility index (Phi) is 4.03. The molecular weight excluding hydrogens is 330 g/mol. The molecule has 6 heteroatoms. The lowest BCUT2D eigenvalue weighted by Gasteiger charge is -2.08. The quantitative estimate of drug-likeness (QED) is 0.630. The van der Waals surface area contributed by atoms with Crippen LogP contribution in [0.25, 0.3) is 10.9 Å². The Morgan fingerprint density at radius 3 is 2.42 bits per heavy atom. The fourth-order valence-electron chi connectivity index (χ4n) is 2.82. The zero-order valence-corrected chi connectivity index (χ0v) is 13.5. The number of aromatic amines is 1. The lowest BCUT2D eigenvalue weighted by Crippen LogP contribution is -2.06. The van der Waals surface area contributed by atoms with E-state index in [0.29, 0.717) is 32.7 Å². The van der Waals surface area contributed by atoms with Gasteiger partial charge in [-0.2, -0.15) is 0 Å². The van der Waals surface area contributed by atoms with E-state index < -0.39 is 5.97 Å². The highest BCUT2D eigenvalue weighted by atomic mass is 35.5. The molecular formula is C18H14ClNO4. The number of benzene rings is 2. The van der Waals surface area contributed by atoms with Crippen molar-refractivity contribution in [2.75, 3.05) is 0 Å². The Morgan fingerprint density at radius 1 is 1.12 bits per heavy atom. The largest absolute Gasteiger partial charge is 0.507 e. The molecule has 0 aliphatic rings. The topological polar surface area (TPSA) is 90.4 Å². The van der Waals surface area contributed by atoms with Gasteiger partial charge < -0.3 is 15.2 Å². The summed E-state index contributed by atoms with van der Waals surface area (Å²) in [7, 11) is 0. The van der Waals surface area contributed by atoms with Crippen LogP contribution in [0, 0.1) is 6.92 Å². The second-order valence-corrected chi connectivity index (χ2v) is 5.95. The lowest BCUT2D eigenvalue weighted by molar-refractivity contribution is -0.136. The SMILES string of the molecule is Cc1[nH]c2ccc(O)c(C(=O)c3ccc(Cl)cc3)c2c1CC(=O)O. The number of carbonyl (C=O) groups excluding carboxylic acids is 1. The summed E-state index contributed by atoms with van der Waals surface area (Å²) in [6.45, 7) is 1.74. The number of hydrogen-bond donors (Lipinski definition) is 3. The number of aromatic nitrogens is 1. The molecule has 0 bridgehead atoms. The first kappa shape index (κ1) is 16.1. The zero-order chi connectivity index (χ0) is 17.4. The van der Waals surface area contributed by atoms with Crippen LogP contribution in [0.3, 0.4) is 0 Å². The third kappa shape index (κ3) is 2.74. The number of ketones is 1. The van der Waals surface area contributed by atoms with Gasteiger partial charge >= 0.3 is 5.97 Å². The number of aryl methyl sites for hydroxylation is 1. The second-order valence-electron chi connectivity index (χ2n) is 5.52. The van der Waals surface area contributed by atoms with Crippen molar-refractivity contribution >= 4 is 34.3 Å². The van der Waals surface area contributed by atoms with Crippen molar-refractivity contribution in [3.63, 3.8) is 0 Å². The second kappa shape index (κ2) is 6.02. The first-order valence-electron chi connectivity index (χ1n) is 7.23. The number of nitrogens with one attached hydrogen (secondary N) is 1. The molecule has 2 aromatic carbocycles. The Hall–Kier alpha value is -2.79. The van der Waals surface area contributed by atoms with Crippen LogP contribution in [0.1, 0.15) is 27.2 Å². The standard InChI is InChI=1S/C18H14ClNO4/c1-9-12(8-15(22)23)16-13(20-9)6-7-14(21)17(16)18(24)10-2-4-11(19)5-3-10/h2-7,20-21H,8H2,1H3,(H,22,23). The van der Waals surface area contributed by atoms with Crippen LogP contribution in [0.4, 0.5) is 0 Å². The summed E-state index contributed by atoms with van der Waals surface area (Å²) in [6, 6.07) is 9.37. The fraction of sp³-hybridized carbons (Fsp3) is 0.111. The van der Waals surface area contributed by atoms with Gasteiger partial charge in [-0.25, -0.2) is 0 Å². The molecule has 0 radical (unpaired) electrons.